The predicted molar refractivity (Wildman–Crippen MR) is 62.3 cm³/mol. The van der Waals surface area contributed by atoms with Crippen LogP contribution in [0.4, 0.5) is 0 Å². The number of hydrogen-bond donors (Lipinski definition) is 1. The average molecular weight is 277 g/mol. The fourth-order valence-electron chi connectivity index (χ4n) is 1.39. The van der Waals surface area contributed by atoms with E-state index in [-0.39, 0.29) is 19.8 Å². The van der Waals surface area contributed by atoms with Gasteiger partial charge in [0.2, 0.25) is 0 Å². The van der Waals surface area contributed by atoms with Crippen LogP contribution < -0.4 is 0 Å². The Morgan fingerprint density at radius 3 is 2.44 bits per heavy atom. The molecule has 1 heterocycles. The average Bonchev–Trinajstić information content (AvgIpc) is 2.78. The van der Waals surface area contributed by atoms with Crippen molar-refractivity contribution in [1.82, 2.24) is 14.8 Å². The highest BCUT2D eigenvalue weighted by molar-refractivity contribution is 7.55. The number of carboxylic acids is 1. The van der Waals surface area contributed by atoms with Crippen molar-refractivity contribution in [3.8, 4) is 0 Å². The summed E-state index contributed by atoms with van der Waals surface area (Å²) < 4.78 is 23.7. The molecule has 0 aliphatic heterocycles. The molecule has 1 aromatic rings. The molecule has 0 aliphatic carbocycles. The van der Waals surface area contributed by atoms with Crippen LogP contribution in [0.15, 0.2) is 12.7 Å². The molecule has 18 heavy (non-hydrogen) atoms. The number of carbonyl (C=O) groups is 1. The van der Waals surface area contributed by atoms with E-state index in [0.717, 1.165) is 0 Å². The molecule has 0 bridgehead atoms. The van der Waals surface area contributed by atoms with E-state index in [1.54, 1.807) is 13.8 Å². The van der Waals surface area contributed by atoms with Gasteiger partial charge in [-0.3, -0.25) is 14.0 Å². The minimum atomic E-state index is -3.71. The molecule has 0 aliphatic rings. The van der Waals surface area contributed by atoms with Crippen molar-refractivity contribution in [2.24, 2.45) is 0 Å². The highest BCUT2D eigenvalue weighted by Gasteiger charge is 2.41. The van der Waals surface area contributed by atoms with Crippen LogP contribution in [0.25, 0.3) is 0 Å². The third-order valence-electron chi connectivity index (χ3n) is 2.11. The molecule has 0 saturated carbocycles. The van der Waals surface area contributed by atoms with Crippen LogP contribution in [0.5, 0.6) is 0 Å². The Hall–Kier alpha value is -1.24. The molecule has 1 aromatic heterocycles. The first kappa shape index (κ1) is 14.8. The Bertz CT molecular complexity index is 412. The molecular weight excluding hydrogens is 261 g/mol. The number of aliphatic carboxylic acids is 1. The quantitative estimate of drug-likeness (QED) is 0.707. The van der Waals surface area contributed by atoms with Gasteiger partial charge in [-0.2, -0.15) is 5.10 Å². The first-order valence-electron chi connectivity index (χ1n) is 5.47. The molecule has 0 saturated heterocycles. The largest absolute Gasteiger partial charge is 0.481 e. The van der Waals surface area contributed by atoms with Gasteiger partial charge in [0.25, 0.3) is 0 Å². The zero-order chi connectivity index (χ0) is 13.6. The van der Waals surface area contributed by atoms with Crippen LogP contribution >= 0.6 is 7.60 Å². The first-order chi connectivity index (χ1) is 8.53. The third-order valence-corrected chi connectivity index (χ3v) is 4.50. The Balaban J connectivity index is 2.93. The molecule has 0 fully saturated rings. The number of nitrogens with zero attached hydrogens (tertiary/aromatic N) is 3. The fraction of sp³-hybridized carbons (Fsp3) is 0.667. The van der Waals surface area contributed by atoms with Crippen LogP contribution in [0, 0.1) is 0 Å². The SMILES string of the molecule is CCOP(=O)(OCC)C(Cn1cncn1)C(=O)O. The molecular formula is C9H16N3O5P. The second-order valence-corrected chi connectivity index (χ2v) is 5.57. The molecule has 9 heteroatoms. The monoisotopic (exact) mass is 277 g/mol. The van der Waals surface area contributed by atoms with Crippen molar-refractivity contribution >= 4 is 13.6 Å². The molecule has 0 amide bonds. The van der Waals surface area contributed by atoms with Crippen molar-refractivity contribution in [1.29, 1.82) is 0 Å². The summed E-state index contributed by atoms with van der Waals surface area (Å²) in [4.78, 5) is 14.9. The van der Waals surface area contributed by atoms with Gasteiger partial charge in [0.15, 0.2) is 5.66 Å². The molecule has 1 rings (SSSR count). The van der Waals surface area contributed by atoms with Crippen LogP contribution in [-0.2, 0) is 25.0 Å². The second kappa shape index (κ2) is 6.63. The molecule has 0 spiro atoms. The summed E-state index contributed by atoms with van der Waals surface area (Å²) in [5.41, 5.74) is -1.31. The normalized spacial score (nSPS) is 13.4. The molecule has 8 nitrogen and oxygen atoms in total. The standard InChI is InChI=1S/C9H16N3O5P/c1-3-16-18(15,17-4-2)8(9(13)14)5-12-7-10-6-11-12/h6-8H,3-5H2,1-2H3,(H,13,14). The van der Waals surface area contributed by atoms with Crippen LogP contribution in [0.2, 0.25) is 0 Å². The summed E-state index contributed by atoms with van der Waals surface area (Å²) in [5, 5.41) is 12.9. The number of aromatic nitrogens is 3. The Labute approximate surface area is 104 Å². The Morgan fingerprint density at radius 1 is 1.44 bits per heavy atom. The minimum Gasteiger partial charge on any atom is -0.481 e. The summed E-state index contributed by atoms with van der Waals surface area (Å²) in [5.74, 6) is -1.25. The first-order valence-corrected chi connectivity index (χ1v) is 7.08. The summed E-state index contributed by atoms with van der Waals surface area (Å²) in [6, 6.07) is 0. The molecule has 102 valence electrons. The molecule has 1 unspecified atom stereocenters. The van der Waals surface area contributed by atoms with E-state index in [9.17, 15) is 9.36 Å². The lowest BCUT2D eigenvalue weighted by molar-refractivity contribution is -0.137. The van der Waals surface area contributed by atoms with Crippen molar-refractivity contribution in [3.05, 3.63) is 12.7 Å². The third kappa shape index (κ3) is 3.63. The Kier molecular flexibility index (Phi) is 5.46. The zero-order valence-electron chi connectivity index (χ0n) is 10.2. The number of hydrogen-bond acceptors (Lipinski definition) is 6. The van der Waals surface area contributed by atoms with Gasteiger partial charge in [0.1, 0.15) is 12.7 Å². The van der Waals surface area contributed by atoms with Gasteiger partial charge in [-0.1, -0.05) is 0 Å². The lowest BCUT2D eigenvalue weighted by Gasteiger charge is -2.22. The maximum atomic E-state index is 12.4. The van der Waals surface area contributed by atoms with Gasteiger partial charge in [0.05, 0.1) is 19.8 Å². The predicted octanol–water partition coefficient (Wildman–Crippen LogP) is 0.997. The van der Waals surface area contributed by atoms with Crippen molar-refractivity contribution in [3.63, 3.8) is 0 Å². The minimum absolute atomic E-state index is 0.110. The van der Waals surface area contributed by atoms with Gasteiger partial charge >= 0.3 is 13.6 Å². The lowest BCUT2D eigenvalue weighted by atomic mass is 10.4. The summed E-state index contributed by atoms with van der Waals surface area (Å²) >= 11 is 0. The van der Waals surface area contributed by atoms with Crippen molar-refractivity contribution in [2.75, 3.05) is 13.2 Å². The highest BCUT2D eigenvalue weighted by Crippen LogP contribution is 2.53. The van der Waals surface area contributed by atoms with Crippen LogP contribution in [0.1, 0.15) is 13.8 Å². The smallest absolute Gasteiger partial charge is 0.346 e. The van der Waals surface area contributed by atoms with Crippen LogP contribution in [-0.4, -0.2) is 44.7 Å². The van der Waals surface area contributed by atoms with Gasteiger partial charge in [-0.25, -0.2) is 4.98 Å². The van der Waals surface area contributed by atoms with E-state index < -0.39 is 19.2 Å². The summed E-state index contributed by atoms with van der Waals surface area (Å²) in [6.45, 7) is 3.35. The van der Waals surface area contributed by atoms with Crippen molar-refractivity contribution in [2.45, 2.75) is 26.1 Å². The van der Waals surface area contributed by atoms with E-state index in [0.29, 0.717) is 0 Å². The van der Waals surface area contributed by atoms with E-state index in [4.69, 9.17) is 14.2 Å². The molecule has 1 atom stereocenters. The van der Waals surface area contributed by atoms with Crippen LogP contribution in [0.3, 0.4) is 0 Å². The molecule has 0 aromatic carbocycles. The van der Waals surface area contributed by atoms with Gasteiger partial charge in [0, 0.05) is 0 Å². The maximum absolute atomic E-state index is 12.4. The summed E-state index contributed by atoms with van der Waals surface area (Å²) in [6.07, 6.45) is 2.61. The fourth-order valence-corrected chi connectivity index (χ4v) is 3.19. The molecule has 1 N–H and O–H groups in total. The maximum Gasteiger partial charge on any atom is 0.346 e. The van der Waals surface area contributed by atoms with E-state index in [1.165, 1.54) is 17.3 Å². The number of carboxylic acid groups (broad SMARTS) is 1. The second-order valence-electron chi connectivity index (χ2n) is 3.35. The topological polar surface area (TPSA) is 104 Å². The van der Waals surface area contributed by atoms with E-state index >= 15 is 0 Å². The lowest BCUT2D eigenvalue weighted by Crippen LogP contribution is -2.28. The summed E-state index contributed by atoms with van der Waals surface area (Å²) in [7, 11) is -3.71. The Morgan fingerprint density at radius 2 is 2.06 bits per heavy atom. The molecule has 0 radical (unpaired) electrons. The van der Waals surface area contributed by atoms with Gasteiger partial charge < -0.3 is 14.2 Å². The number of rotatable bonds is 8. The highest BCUT2D eigenvalue weighted by atomic mass is 31.2. The van der Waals surface area contributed by atoms with Gasteiger partial charge in [-0.05, 0) is 13.8 Å². The van der Waals surface area contributed by atoms with E-state index in [1.807, 2.05) is 0 Å². The van der Waals surface area contributed by atoms with E-state index in [2.05, 4.69) is 10.1 Å². The van der Waals surface area contributed by atoms with Gasteiger partial charge in [-0.15, -0.1) is 0 Å². The van der Waals surface area contributed by atoms with Crippen molar-refractivity contribution < 1.29 is 23.5 Å². The zero-order valence-corrected chi connectivity index (χ0v) is 11.1.